The molecule has 5 nitrogen and oxygen atoms in total. The molecule has 1 amide bonds. The number of aromatic hydroxyl groups is 1. The van der Waals surface area contributed by atoms with Gasteiger partial charge in [0.25, 0.3) is 0 Å². The Kier molecular flexibility index (Phi) is 3.45. The van der Waals surface area contributed by atoms with E-state index in [1.165, 1.54) is 24.3 Å². The predicted octanol–water partition coefficient (Wildman–Crippen LogP) is 0.339. The van der Waals surface area contributed by atoms with Gasteiger partial charge in [-0.15, -0.1) is 0 Å². The van der Waals surface area contributed by atoms with Crippen molar-refractivity contribution < 1.29 is 19.4 Å². The first-order valence-electron chi connectivity index (χ1n) is 4.06. The topological polar surface area (TPSA) is 89.6 Å². The molecule has 1 rings (SSSR count). The van der Waals surface area contributed by atoms with E-state index < -0.39 is 11.9 Å². The van der Waals surface area contributed by atoms with Crippen molar-refractivity contribution in [2.75, 3.05) is 0 Å². The van der Waals surface area contributed by atoms with Crippen molar-refractivity contribution in [2.45, 2.75) is 0 Å². The van der Waals surface area contributed by atoms with Crippen molar-refractivity contribution in [2.24, 2.45) is 5.73 Å². The van der Waals surface area contributed by atoms with Crippen LogP contribution >= 0.6 is 0 Å². The molecule has 0 aliphatic rings. The van der Waals surface area contributed by atoms with Crippen molar-refractivity contribution in [1.29, 1.82) is 0 Å². The summed E-state index contributed by atoms with van der Waals surface area (Å²) < 4.78 is 4.78. The second-order valence-electron chi connectivity index (χ2n) is 2.65. The highest BCUT2D eigenvalue weighted by molar-refractivity contribution is 5.94. The Bertz CT molecular complexity index is 394. The molecule has 78 valence electrons. The van der Waals surface area contributed by atoms with Crippen LogP contribution in [0.15, 0.2) is 36.4 Å². The van der Waals surface area contributed by atoms with E-state index in [1.54, 1.807) is 0 Å². The van der Waals surface area contributed by atoms with Gasteiger partial charge in [-0.05, 0) is 24.3 Å². The van der Waals surface area contributed by atoms with Gasteiger partial charge in [0.1, 0.15) is 11.5 Å². The Morgan fingerprint density at radius 3 is 2.33 bits per heavy atom. The van der Waals surface area contributed by atoms with Gasteiger partial charge in [0, 0.05) is 12.2 Å². The number of primary amides is 1. The number of hydrogen-bond donors (Lipinski definition) is 2. The minimum Gasteiger partial charge on any atom is -0.508 e. The monoisotopic (exact) mass is 207 g/mol. The van der Waals surface area contributed by atoms with Crippen LogP contribution in [0.2, 0.25) is 0 Å². The zero-order valence-electron chi connectivity index (χ0n) is 7.71. The Morgan fingerprint density at radius 2 is 1.80 bits per heavy atom. The minimum absolute atomic E-state index is 0.0717. The van der Waals surface area contributed by atoms with Gasteiger partial charge in [0.05, 0.1) is 0 Å². The molecular formula is C10H9NO4. The molecule has 0 saturated heterocycles. The Morgan fingerprint density at radius 1 is 1.20 bits per heavy atom. The summed E-state index contributed by atoms with van der Waals surface area (Å²) in [5.74, 6) is -1.09. The highest BCUT2D eigenvalue weighted by atomic mass is 16.5. The molecule has 15 heavy (non-hydrogen) atoms. The summed E-state index contributed by atoms with van der Waals surface area (Å²) in [4.78, 5) is 21.3. The highest BCUT2D eigenvalue weighted by Crippen LogP contribution is 2.15. The third-order valence-corrected chi connectivity index (χ3v) is 1.44. The van der Waals surface area contributed by atoms with Crippen LogP contribution in [0.5, 0.6) is 11.5 Å². The zero-order chi connectivity index (χ0) is 11.3. The average Bonchev–Trinajstić information content (AvgIpc) is 2.19. The van der Waals surface area contributed by atoms with E-state index in [-0.39, 0.29) is 11.5 Å². The summed E-state index contributed by atoms with van der Waals surface area (Å²) in [5.41, 5.74) is 4.79. The third kappa shape index (κ3) is 3.95. The summed E-state index contributed by atoms with van der Waals surface area (Å²) in [5, 5.41) is 8.95. The Labute approximate surface area is 85.8 Å². The van der Waals surface area contributed by atoms with Crippen molar-refractivity contribution in [3.63, 3.8) is 0 Å². The van der Waals surface area contributed by atoms with Gasteiger partial charge < -0.3 is 15.6 Å². The van der Waals surface area contributed by atoms with Crippen LogP contribution in [0.4, 0.5) is 0 Å². The molecule has 1 aromatic rings. The number of esters is 1. The number of carbonyl (C=O) groups is 2. The van der Waals surface area contributed by atoms with Crippen LogP contribution in [-0.2, 0) is 9.59 Å². The smallest absolute Gasteiger partial charge is 0.336 e. The molecule has 0 saturated carbocycles. The van der Waals surface area contributed by atoms with Gasteiger partial charge in [0.2, 0.25) is 5.91 Å². The molecule has 0 aromatic heterocycles. The van der Waals surface area contributed by atoms with E-state index in [2.05, 4.69) is 0 Å². The van der Waals surface area contributed by atoms with Crippen molar-refractivity contribution >= 4 is 11.9 Å². The molecule has 3 N–H and O–H groups in total. The molecule has 0 unspecified atom stereocenters. The molecule has 0 aliphatic carbocycles. The van der Waals surface area contributed by atoms with Crippen LogP contribution in [0, 0.1) is 0 Å². The molecule has 0 spiro atoms. The first kappa shape index (κ1) is 10.8. The summed E-state index contributed by atoms with van der Waals surface area (Å²) in [7, 11) is 0. The third-order valence-electron chi connectivity index (χ3n) is 1.44. The van der Waals surface area contributed by atoms with Gasteiger partial charge in [0.15, 0.2) is 0 Å². The van der Waals surface area contributed by atoms with Crippen LogP contribution < -0.4 is 10.5 Å². The molecule has 0 bridgehead atoms. The van der Waals surface area contributed by atoms with Gasteiger partial charge in [-0.2, -0.15) is 0 Å². The standard InChI is InChI=1S/C10H9NO4/c11-9(13)5-6-10(14)15-8-3-1-7(12)2-4-8/h1-6,12H,(H2,11,13). The number of amides is 1. The number of phenols is 1. The maximum Gasteiger partial charge on any atom is 0.336 e. The normalized spacial score (nSPS) is 10.1. The van der Waals surface area contributed by atoms with Crippen LogP contribution in [-0.4, -0.2) is 17.0 Å². The highest BCUT2D eigenvalue weighted by Gasteiger charge is 2.00. The van der Waals surface area contributed by atoms with E-state index in [1.807, 2.05) is 0 Å². The van der Waals surface area contributed by atoms with E-state index >= 15 is 0 Å². The van der Waals surface area contributed by atoms with Crippen molar-refractivity contribution in [1.82, 2.24) is 0 Å². The Balaban J connectivity index is 2.59. The zero-order valence-corrected chi connectivity index (χ0v) is 7.71. The molecule has 0 radical (unpaired) electrons. The van der Waals surface area contributed by atoms with Gasteiger partial charge >= 0.3 is 5.97 Å². The first-order valence-corrected chi connectivity index (χ1v) is 4.06. The van der Waals surface area contributed by atoms with Gasteiger partial charge in [-0.3, -0.25) is 4.79 Å². The molecule has 0 aliphatic heterocycles. The average molecular weight is 207 g/mol. The van der Waals surface area contributed by atoms with Crippen molar-refractivity contribution in [3.8, 4) is 11.5 Å². The lowest BCUT2D eigenvalue weighted by molar-refractivity contribution is -0.129. The summed E-state index contributed by atoms with van der Waals surface area (Å²) >= 11 is 0. The lowest BCUT2D eigenvalue weighted by atomic mass is 10.3. The number of phenolic OH excluding ortho intramolecular Hbond substituents is 1. The molecular weight excluding hydrogens is 198 g/mol. The van der Waals surface area contributed by atoms with E-state index in [0.29, 0.717) is 0 Å². The van der Waals surface area contributed by atoms with Crippen LogP contribution in [0.25, 0.3) is 0 Å². The fraction of sp³-hybridized carbons (Fsp3) is 0. The number of rotatable bonds is 3. The van der Waals surface area contributed by atoms with Gasteiger partial charge in [-0.25, -0.2) is 4.79 Å². The van der Waals surface area contributed by atoms with Crippen LogP contribution in [0.1, 0.15) is 0 Å². The van der Waals surface area contributed by atoms with Crippen molar-refractivity contribution in [3.05, 3.63) is 36.4 Å². The maximum atomic E-state index is 11.0. The number of nitrogens with two attached hydrogens (primary N) is 1. The van der Waals surface area contributed by atoms with Gasteiger partial charge in [-0.1, -0.05) is 0 Å². The summed E-state index contributed by atoms with van der Waals surface area (Å²) in [6.45, 7) is 0. The molecule has 0 fully saturated rings. The van der Waals surface area contributed by atoms with Crippen LogP contribution in [0.3, 0.4) is 0 Å². The lowest BCUT2D eigenvalue weighted by Gasteiger charge is -2.00. The molecule has 0 atom stereocenters. The molecule has 1 aromatic carbocycles. The second kappa shape index (κ2) is 4.80. The molecule has 0 heterocycles. The number of benzene rings is 1. The fourth-order valence-electron chi connectivity index (χ4n) is 0.815. The minimum atomic E-state index is -0.724. The Hall–Kier alpha value is -2.30. The predicted molar refractivity (Wildman–Crippen MR) is 52.1 cm³/mol. The number of hydrogen-bond acceptors (Lipinski definition) is 4. The second-order valence-corrected chi connectivity index (χ2v) is 2.65. The summed E-state index contributed by atoms with van der Waals surface area (Å²) in [6, 6.07) is 5.59. The fourth-order valence-corrected chi connectivity index (χ4v) is 0.815. The number of carbonyl (C=O) groups excluding carboxylic acids is 2. The van der Waals surface area contributed by atoms with E-state index in [9.17, 15) is 9.59 Å². The molecule has 5 heteroatoms. The largest absolute Gasteiger partial charge is 0.508 e. The lowest BCUT2D eigenvalue weighted by Crippen LogP contribution is -2.09. The first-order chi connectivity index (χ1) is 7.08. The summed E-state index contributed by atoms with van der Waals surface area (Å²) in [6.07, 6.45) is 1.83. The maximum absolute atomic E-state index is 11.0. The quantitative estimate of drug-likeness (QED) is 0.425. The number of ether oxygens (including phenoxy) is 1. The SMILES string of the molecule is NC(=O)C=CC(=O)Oc1ccc(O)cc1. The van der Waals surface area contributed by atoms with E-state index in [0.717, 1.165) is 12.2 Å². The van der Waals surface area contributed by atoms with E-state index in [4.69, 9.17) is 15.6 Å².